The average Bonchev–Trinajstić information content (AvgIpc) is 2.84. The van der Waals surface area contributed by atoms with Gasteiger partial charge in [0.2, 0.25) is 10.0 Å². The van der Waals surface area contributed by atoms with Gasteiger partial charge in [-0.05, 0) is 23.6 Å². The van der Waals surface area contributed by atoms with Gasteiger partial charge >= 0.3 is 0 Å². The zero-order valence-electron chi connectivity index (χ0n) is 12.0. The zero-order valence-corrected chi connectivity index (χ0v) is 12.8. The fourth-order valence-electron chi connectivity index (χ4n) is 2.06. The Morgan fingerprint density at radius 1 is 1.29 bits per heavy atom. The molecule has 0 atom stereocenters. The van der Waals surface area contributed by atoms with Crippen molar-refractivity contribution < 1.29 is 8.42 Å². The third kappa shape index (κ3) is 4.66. The lowest BCUT2D eigenvalue weighted by Gasteiger charge is -2.10. The van der Waals surface area contributed by atoms with Crippen LogP contribution in [0.25, 0.3) is 0 Å². The Morgan fingerprint density at radius 3 is 2.62 bits per heavy atom. The molecule has 0 radical (unpaired) electrons. The smallest absolute Gasteiger partial charge is 0.215 e. The molecular weight excluding hydrogens is 288 g/mol. The van der Waals surface area contributed by atoms with E-state index in [0.29, 0.717) is 19.6 Å². The fraction of sp³-hybridized carbons (Fsp3) is 0.357. The summed E-state index contributed by atoms with van der Waals surface area (Å²) in [6.07, 6.45) is 3.62. The number of hydrogen-bond donors (Lipinski definition) is 2. The Labute approximate surface area is 125 Å². The maximum Gasteiger partial charge on any atom is 0.215 e. The van der Waals surface area contributed by atoms with Crippen LogP contribution in [0.4, 0.5) is 0 Å². The van der Waals surface area contributed by atoms with Gasteiger partial charge in [0.25, 0.3) is 0 Å². The second kappa shape index (κ2) is 6.84. The van der Waals surface area contributed by atoms with Crippen molar-refractivity contribution >= 4 is 10.0 Å². The molecule has 0 saturated carbocycles. The first-order valence-corrected chi connectivity index (χ1v) is 8.38. The van der Waals surface area contributed by atoms with Crippen molar-refractivity contribution in [3.63, 3.8) is 0 Å². The Kier molecular flexibility index (Phi) is 5.11. The summed E-state index contributed by atoms with van der Waals surface area (Å²) in [6, 6.07) is 7.30. The average molecular weight is 308 g/mol. The summed E-state index contributed by atoms with van der Waals surface area (Å²) in [5, 5.41) is 4.11. The number of nitrogens with zero attached hydrogens (tertiary/aromatic N) is 2. The predicted octanol–water partition coefficient (Wildman–Crippen LogP) is 0.770. The summed E-state index contributed by atoms with van der Waals surface area (Å²) in [5.41, 5.74) is 8.26. The lowest BCUT2D eigenvalue weighted by molar-refractivity contribution is 0.560. The van der Waals surface area contributed by atoms with E-state index in [-0.39, 0.29) is 5.75 Å². The van der Waals surface area contributed by atoms with E-state index in [1.807, 2.05) is 31.3 Å². The highest BCUT2D eigenvalue weighted by molar-refractivity contribution is 7.88. The second-order valence-corrected chi connectivity index (χ2v) is 6.71. The Bertz CT molecular complexity index is 695. The van der Waals surface area contributed by atoms with Crippen molar-refractivity contribution in [2.75, 3.05) is 6.54 Å². The molecule has 1 aromatic carbocycles. The molecule has 0 spiro atoms. The maximum atomic E-state index is 12.1. The summed E-state index contributed by atoms with van der Waals surface area (Å²) >= 11 is 0. The summed E-state index contributed by atoms with van der Waals surface area (Å²) in [4.78, 5) is 0. The van der Waals surface area contributed by atoms with Crippen molar-refractivity contribution in [3.05, 3.63) is 53.3 Å². The number of rotatable bonds is 7. The van der Waals surface area contributed by atoms with Crippen LogP contribution in [0.1, 0.15) is 16.7 Å². The predicted molar refractivity (Wildman–Crippen MR) is 81.9 cm³/mol. The van der Waals surface area contributed by atoms with E-state index >= 15 is 0 Å². The Morgan fingerprint density at radius 2 is 2.00 bits per heavy atom. The molecule has 1 aromatic heterocycles. The van der Waals surface area contributed by atoms with Gasteiger partial charge in [0, 0.05) is 19.3 Å². The highest BCUT2D eigenvalue weighted by Gasteiger charge is 2.13. The van der Waals surface area contributed by atoms with Crippen LogP contribution in [0.3, 0.4) is 0 Å². The summed E-state index contributed by atoms with van der Waals surface area (Å²) < 4.78 is 28.5. The maximum absolute atomic E-state index is 12.1. The Hall–Kier alpha value is -1.70. The molecule has 21 heavy (non-hydrogen) atoms. The molecule has 0 amide bonds. The molecule has 0 unspecified atom stereocenters. The molecular formula is C14H20N4O2S. The molecule has 0 aliphatic carbocycles. The molecule has 0 aliphatic heterocycles. The van der Waals surface area contributed by atoms with Crippen LogP contribution in [-0.2, 0) is 28.9 Å². The van der Waals surface area contributed by atoms with Crippen LogP contribution in [0.5, 0.6) is 0 Å². The van der Waals surface area contributed by atoms with Crippen LogP contribution >= 0.6 is 0 Å². The van der Waals surface area contributed by atoms with Gasteiger partial charge in [-0.25, -0.2) is 13.1 Å². The van der Waals surface area contributed by atoms with Crippen molar-refractivity contribution in [2.24, 2.45) is 5.73 Å². The van der Waals surface area contributed by atoms with Crippen molar-refractivity contribution in [1.82, 2.24) is 14.5 Å². The molecule has 1 heterocycles. The third-order valence-corrected chi connectivity index (χ3v) is 4.44. The first-order valence-electron chi connectivity index (χ1n) is 6.73. The normalized spacial score (nSPS) is 11.7. The SMILES string of the molecule is Cc1cnn(CCNS(=O)(=O)Cc2ccccc2CN)c1. The quantitative estimate of drug-likeness (QED) is 0.790. The summed E-state index contributed by atoms with van der Waals surface area (Å²) in [7, 11) is -3.38. The largest absolute Gasteiger partial charge is 0.326 e. The van der Waals surface area contributed by atoms with Crippen molar-refractivity contribution in [3.8, 4) is 0 Å². The Balaban J connectivity index is 1.92. The number of benzene rings is 1. The van der Waals surface area contributed by atoms with Crippen LogP contribution in [0.15, 0.2) is 36.7 Å². The minimum absolute atomic E-state index is 0.0570. The molecule has 0 fully saturated rings. The number of nitrogens with one attached hydrogen (secondary N) is 1. The van der Waals surface area contributed by atoms with Crippen LogP contribution in [0.2, 0.25) is 0 Å². The monoisotopic (exact) mass is 308 g/mol. The van der Waals surface area contributed by atoms with E-state index in [0.717, 1.165) is 16.7 Å². The molecule has 2 rings (SSSR count). The minimum Gasteiger partial charge on any atom is -0.326 e. The third-order valence-electron chi connectivity index (χ3n) is 3.11. The molecule has 3 N–H and O–H groups in total. The van der Waals surface area contributed by atoms with E-state index in [4.69, 9.17) is 5.73 Å². The number of hydrogen-bond acceptors (Lipinski definition) is 4. The highest BCUT2D eigenvalue weighted by atomic mass is 32.2. The number of aromatic nitrogens is 2. The molecule has 0 aliphatic rings. The topological polar surface area (TPSA) is 90.0 Å². The molecule has 6 nitrogen and oxygen atoms in total. The van der Waals surface area contributed by atoms with Crippen molar-refractivity contribution in [1.29, 1.82) is 0 Å². The van der Waals surface area contributed by atoms with E-state index in [9.17, 15) is 8.42 Å². The van der Waals surface area contributed by atoms with Gasteiger partial charge in [0.1, 0.15) is 0 Å². The van der Waals surface area contributed by atoms with Crippen molar-refractivity contribution in [2.45, 2.75) is 25.8 Å². The van der Waals surface area contributed by atoms with Gasteiger partial charge < -0.3 is 5.73 Å². The van der Waals surface area contributed by atoms with Gasteiger partial charge in [-0.1, -0.05) is 24.3 Å². The first-order chi connectivity index (χ1) is 10.00. The molecule has 114 valence electrons. The lowest BCUT2D eigenvalue weighted by Crippen LogP contribution is -2.29. The molecule has 2 aromatic rings. The first kappa shape index (κ1) is 15.7. The molecule has 7 heteroatoms. The van der Waals surface area contributed by atoms with Gasteiger partial charge in [0.05, 0.1) is 18.5 Å². The standard InChI is InChI=1S/C14H20N4O2S/c1-12-9-16-18(10-12)7-6-17-21(19,20)11-14-5-3-2-4-13(14)8-15/h2-5,9-10,17H,6-8,11,15H2,1H3. The van der Waals surface area contributed by atoms with Crippen LogP contribution in [0, 0.1) is 6.92 Å². The number of aryl methyl sites for hydroxylation is 1. The molecule has 0 saturated heterocycles. The van der Waals surface area contributed by atoms with Crippen LogP contribution < -0.4 is 10.5 Å². The summed E-state index contributed by atoms with van der Waals surface area (Å²) in [5.74, 6) is -0.0570. The van der Waals surface area contributed by atoms with E-state index in [2.05, 4.69) is 9.82 Å². The van der Waals surface area contributed by atoms with Crippen LogP contribution in [-0.4, -0.2) is 24.7 Å². The summed E-state index contributed by atoms with van der Waals surface area (Å²) in [6.45, 7) is 3.09. The van der Waals surface area contributed by atoms with E-state index in [1.165, 1.54) is 0 Å². The second-order valence-electron chi connectivity index (χ2n) is 4.91. The van der Waals surface area contributed by atoms with Gasteiger partial charge in [0.15, 0.2) is 0 Å². The number of sulfonamides is 1. The highest BCUT2D eigenvalue weighted by Crippen LogP contribution is 2.11. The van der Waals surface area contributed by atoms with E-state index < -0.39 is 10.0 Å². The molecule has 0 bridgehead atoms. The zero-order chi connectivity index (χ0) is 15.3. The lowest BCUT2D eigenvalue weighted by atomic mass is 10.1. The van der Waals surface area contributed by atoms with Gasteiger partial charge in [-0.3, -0.25) is 4.68 Å². The van der Waals surface area contributed by atoms with E-state index in [1.54, 1.807) is 16.9 Å². The fourth-order valence-corrected chi connectivity index (χ4v) is 3.25. The van der Waals surface area contributed by atoms with Gasteiger partial charge in [-0.2, -0.15) is 5.10 Å². The van der Waals surface area contributed by atoms with Gasteiger partial charge in [-0.15, -0.1) is 0 Å². The minimum atomic E-state index is -3.38. The number of nitrogens with two attached hydrogens (primary N) is 1.